The Morgan fingerprint density at radius 3 is 2.46 bits per heavy atom. The number of carbonyl (C=O) groups is 1. The molecule has 0 aromatic heterocycles. The topological polar surface area (TPSA) is 43.1 Å². The van der Waals surface area contributed by atoms with Crippen molar-refractivity contribution in [2.24, 2.45) is 0 Å². The molecule has 1 rings (SSSR count). The van der Waals surface area contributed by atoms with Crippen LogP contribution in [-0.4, -0.2) is 5.78 Å². The van der Waals surface area contributed by atoms with E-state index in [9.17, 15) is 4.79 Å². The van der Waals surface area contributed by atoms with Gasteiger partial charge in [0.2, 0.25) is 0 Å². The van der Waals surface area contributed by atoms with Crippen molar-refractivity contribution < 1.29 is 4.79 Å². The monoisotopic (exact) mass is 176 g/mol. The van der Waals surface area contributed by atoms with Crippen LogP contribution in [0.25, 0.3) is 0 Å². The SMILES string of the molecule is C[C](C)CC(=O)c1ccccc1N. The number of benzene rings is 1. The molecular weight excluding hydrogens is 162 g/mol. The zero-order chi connectivity index (χ0) is 9.84. The first-order valence-corrected chi connectivity index (χ1v) is 4.28. The summed E-state index contributed by atoms with van der Waals surface area (Å²) in [6.45, 7) is 3.88. The van der Waals surface area contributed by atoms with E-state index in [0.29, 0.717) is 17.7 Å². The van der Waals surface area contributed by atoms with Crippen LogP contribution in [0, 0.1) is 5.92 Å². The predicted octanol–water partition coefficient (Wildman–Crippen LogP) is 2.46. The van der Waals surface area contributed by atoms with Crippen LogP contribution < -0.4 is 5.73 Å². The van der Waals surface area contributed by atoms with Crippen molar-refractivity contribution in [3.63, 3.8) is 0 Å². The van der Waals surface area contributed by atoms with Crippen molar-refractivity contribution >= 4 is 11.5 Å². The zero-order valence-electron chi connectivity index (χ0n) is 8.00. The van der Waals surface area contributed by atoms with Crippen molar-refractivity contribution in [3.8, 4) is 0 Å². The first kappa shape index (κ1) is 9.78. The molecular formula is C11H14NO. The van der Waals surface area contributed by atoms with Crippen LogP contribution in [0.3, 0.4) is 0 Å². The van der Waals surface area contributed by atoms with E-state index in [0.717, 1.165) is 5.92 Å². The second-order valence-electron chi connectivity index (χ2n) is 3.39. The van der Waals surface area contributed by atoms with Gasteiger partial charge >= 0.3 is 0 Å². The molecule has 0 aliphatic heterocycles. The fourth-order valence-electron chi connectivity index (χ4n) is 1.17. The molecule has 2 heteroatoms. The van der Waals surface area contributed by atoms with E-state index in [4.69, 9.17) is 5.73 Å². The smallest absolute Gasteiger partial charge is 0.165 e. The summed E-state index contributed by atoms with van der Waals surface area (Å²) < 4.78 is 0. The summed E-state index contributed by atoms with van der Waals surface area (Å²) in [7, 11) is 0. The minimum absolute atomic E-state index is 0.0955. The van der Waals surface area contributed by atoms with Gasteiger partial charge in [-0.25, -0.2) is 0 Å². The van der Waals surface area contributed by atoms with Gasteiger partial charge in [0.15, 0.2) is 5.78 Å². The highest BCUT2D eigenvalue weighted by molar-refractivity contribution is 6.01. The third kappa shape index (κ3) is 2.58. The number of anilines is 1. The normalized spacial score (nSPS) is 10.4. The van der Waals surface area contributed by atoms with Gasteiger partial charge in [-0.3, -0.25) is 4.79 Å². The molecule has 0 aliphatic carbocycles. The van der Waals surface area contributed by atoms with E-state index >= 15 is 0 Å². The van der Waals surface area contributed by atoms with Gasteiger partial charge < -0.3 is 5.73 Å². The number of hydrogen-bond donors (Lipinski definition) is 1. The minimum atomic E-state index is 0.0955. The second kappa shape index (κ2) is 4.08. The Balaban J connectivity index is 2.83. The van der Waals surface area contributed by atoms with Crippen LogP contribution in [-0.2, 0) is 0 Å². The van der Waals surface area contributed by atoms with Crippen molar-refractivity contribution in [1.29, 1.82) is 0 Å². The molecule has 1 radical (unpaired) electrons. The predicted molar refractivity (Wildman–Crippen MR) is 54.4 cm³/mol. The maximum absolute atomic E-state index is 11.6. The quantitative estimate of drug-likeness (QED) is 0.568. The summed E-state index contributed by atoms with van der Waals surface area (Å²) >= 11 is 0. The lowest BCUT2D eigenvalue weighted by Crippen LogP contribution is -2.05. The molecule has 0 spiro atoms. The van der Waals surface area contributed by atoms with Crippen molar-refractivity contribution in [2.45, 2.75) is 20.3 Å². The number of Topliss-reactive ketones (excluding diaryl/α,β-unsaturated/α-hetero) is 1. The summed E-state index contributed by atoms with van der Waals surface area (Å²) in [6.07, 6.45) is 0.480. The van der Waals surface area contributed by atoms with E-state index in [-0.39, 0.29) is 5.78 Å². The number of ketones is 1. The second-order valence-corrected chi connectivity index (χ2v) is 3.39. The molecule has 69 valence electrons. The molecule has 2 N–H and O–H groups in total. The molecule has 0 saturated carbocycles. The highest BCUT2D eigenvalue weighted by atomic mass is 16.1. The average molecular weight is 176 g/mol. The fraction of sp³-hybridized carbons (Fsp3) is 0.273. The van der Waals surface area contributed by atoms with Crippen molar-refractivity contribution in [1.82, 2.24) is 0 Å². The summed E-state index contributed by atoms with van der Waals surface area (Å²) in [4.78, 5) is 11.6. The molecule has 2 nitrogen and oxygen atoms in total. The van der Waals surface area contributed by atoms with Gasteiger partial charge in [0.05, 0.1) is 0 Å². The van der Waals surface area contributed by atoms with Crippen LogP contribution in [0.2, 0.25) is 0 Å². The Hall–Kier alpha value is -1.31. The first-order valence-electron chi connectivity index (χ1n) is 4.28. The molecule has 0 atom stereocenters. The van der Waals surface area contributed by atoms with E-state index < -0.39 is 0 Å². The van der Waals surface area contributed by atoms with Gasteiger partial charge in [-0.15, -0.1) is 0 Å². The molecule has 13 heavy (non-hydrogen) atoms. The molecule has 0 bridgehead atoms. The van der Waals surface area contributed by atoms with E-state index in [1.54, 1.807) is 12.1 Å². The van der Waals surface area contributed by atoms with E-state index in [2.05, 4.69) is 0 Å². The van der Waals surface area contributed by atoms with Gasteiger partial charge in [-0.1, -0.05) is 26.0 Å². The molecule has 1 aromatic rings. The lowest BCUT2D eigenvalue weighted by Gasteiger charge is -2.05. The molecule has 0 fully saturated rings. The zero-order valence-corrected chi connectivity index (χ0v) is 8.00. The van der Waals surface area contributed by atoms with Crippen LogP contribution in [0.1, 0.15) is 30.6 Å². The average Bonchev–Trinajstić information content (AvgIpc) is 2.03. The third-order valence-electron chi connectivity index (χ3n) is 1.78. The first-order chi connectivity index (χ1) is 6.11. The number of para-hydroxylation sites is 1. The highest BCUT2D eigenvalue weighted by Gasteiger charge is 2.10. The van der Waals surface area contributed by atoms with Crippen molar-refractivity contribution in [2.75, 3.05) is 5.73 Å². The maximum Gasteiger partial charge on any atom is 0.165 e. The van der Waals surface area contributed by atoms with E-state index in [1.807, 2.05) is 26.0 Å². The van der Waals surface area contributed by atoms with Gasteiger partial charge in [0, 0.05) is 17.7 Å². The molecule has 0 aliphatic rings. The Kier molecular flexibility index (Phi) is 3.07. The van der Waals surface area contributed by atoms with Gasteiger partial charge in [-0.2, -0.15) is 0 Å². The lowest BCUT2D eigenvalue weighted by atomic mass is 10.0. The summed E-state index contributed by atoms with van der Waals surface area (Å²) in [5.41, 5.74) is 6.86. The standard InChI is InChI=1S/C11H14NO/c1-8(2)7-11(13)9-5-3-4-6-10(9)12/h3-6H,7,12H2,1-2H3. The summed E-state index contributed by atoms with van der Waals surface area (Å²) in [6, 6.07) is 7.17. The fourth-order valence-corrected chi connectivity index (χ4v) is 1.17. The summed E-state index contributed by atoms with van der Waals surface area (Å²) in [5, 5.41) is 0. The molecule has 1 aromatic carbocycles. The van der Waals surface area contributed by atoms with Crippen molar-refractivity contribution in [3.05, 3.63) is 35.7 Å². The van der Waals surface area contributed by atoms with Crippen LogP contribution in [0.15, 0.2) is 24.3 Å². The Morgan fingerprint density at radius 1 is 1.31 bits per heavy atom. The lowest BCUT2D eigenvalue weighted by molar-refractivity contribution is 0.0988. The van der Waals surface area contributed by atoms with Gasteiger partial charge in [0.25, 0.3) is 0 Å². The molecule has 0 unspecified atom stereocenters. The van der Waals surface area contributed by atoms with Crippen LogP contribution in [0.4, 0.5) is 5.69 Å². The Bertz CT molecular complexity index is 305. The Labute approximate surface area is 78.8 Å². The summed E-state index contributed by atoms with van der Waals surface area (Å²) in [5.74, 6) is 1.20. The molecule has 0 amide bonds. The van der Waals surface area contributed by atoms with Crippen LogP contribution >= 0.6 is 0 Å². The number of carbonyl (C=O) groups excluding carboxylic acids is 1. The molecule has 0 heterocycles. The Morgan fingerprint density at radius 2 is 1.92 bits per heavy atom. The van der Waals surface area contributed by atoms with Gasteiger partial charge in [-0.05, 0) is 18.1 Å². The third-order valence-corrected chi connectivity index (χ3v) is 1.78. The highest BCUT2D eigenvalue weighted by Crippen LogP contribution is 2.16. The minimum Gasteiger partial charge on any atom is -0.398 e. The number of nitrogen functional groups attached to an aromatic ring is 1. The van der Waals surface area contributed by atoms with Crippen LogP contribution in [0.5, 0.6) is 0 Å². The largest absolute Gasteiger partial charge is 0.398 e. The number of nitrogens with two attached hydrogens (primary N) is 1. The number of rotatable bonds is 3. The maximum atomic E-state index is 11.6. The van der Waals surface area contributed by atoms with E-state index in [1.165, 1.54) is 0 Å². The van der Waals surface area contributed by atoms with Gasteiger partial charge in [0.1, 0.15) is 0 Å². The molecule has 0 saturated heterocycles. The number of hydrogen-bond acceptors (Lipinski definition) is 2.